The molecule has 0 saturated carbocycles. The van der Waals surface area contributed by atoms with Gasteiger partial charge in [-0.05, 0) is 31.2 Å². The van der Waals surface area contributed by atoms with Crippen molar-refractivity contribution in [2.45, 2.75) is 19.1 Å². The Bertz CT molecular complexity index is 842. The van der Waals surface area contributed by atoms with E-state index >= 15 is 0 Å². The van der Waals surface area contributed by atoms with Gasteiger partial charge in [-0.25, -0.2) is 13.6 Å². The summed E-state index contributed by atoms with van der Waals surface area (Å²) >= 11 is 0. The first-order valence-corrected chi connectivity index (χ1v) is 7.79. The van der Waals surface area contributed by atoms with Gasteiger partial charge in [-0.15, -0.1) is 0 Å². The molecular weight excluding hydrogens is 348 g/mol. The number of para-hydroxylation sites is 2. The largest absolute Gasteiger partial charge is 0.485 e. The molecule has 2 aromatic carbocycles. The number of hydrogen-bond donors (Lipinski definition) is 1. The van der Waals surface area contributed by atoms with E-state index in [9.17, 15) is 18.4 Å². The van der Waals surface area contributed by atoms with Crippen molar-refractivity contribution in [3.63, 3.8) is 0 Å². The van der Waals surface area contributed by atoms with Crippen molar-refractivity contribution in [3.05, 3.63) is 54.1 Å². The quantitative estimate of drug-likeness (QED) is 0.846. The number of hydrogen-bond acceptors (Lipinski definition) is 5. The van der Waals surface area contributed by atoms with Gasteiger partial charge in [0.05, 0.1) is 5.69 Å². The fourth-order valence-corrected chi connectivity index (χ4v) is 2.26. The Morgan fingerprint density at radius 2 is 1.92 bits per heavy atom. The molecule has 0 unspecified atom stereocenters. The molecule has 1 aliphatic heterocycles. The fourth-order valence-electron chi connectivity index (χ4n) is 2.26. The molecule has 0 saturated heterocycles. The summed E-state index contributed by atoms with van der Waals surface area (Å²) in [5.74, 6) is -2.35. The van der Waals surface area contributed by atoms with Gasteiger partial charge >= 0.3 is 5.97 Å². The number of fused-ring (bicyclic) bond motifs is 1. The van der Waals surface area contributed by atoms with Gasteiger partial charge in [0.25, 0.3) is 5.91 Å². The number of carbonyl (C=O) groups excluding carboxylic acids is 2. The Morgan fingerprint density at radius 3 is 2.65 bits per heavy atom. The summed E-state index contributed by atoms with van der Waals surface area (Å²) in [7, 11) is 0. The second kappa shape index (κ2) is 7.38. The molecule has 6 nitrogen and oxygen atoms in total. The molecular formula is C18H15F2NO5. The molecule has 0 bridgehead atoms. The molecule has 2 aromatic rings. The average Bonchev–Trinajstić information content (AvgIpc) is 2.63. The summed E-state index contributed by atoms with van der Waals surface area (Å²) in [6.45, 7) is 1.27. The molecule has 1 heterocycles. The summed E-state index contributed by atoms with van der Waals surface area (Å²) in [6, 6.07) is 9.54. The predicted octanol–water partition coefficient (Wildman–Crippen LogP) is 2.67. The van der Waals surface area contributed by atoms with Gasteiger partial charge in [-0.2, -0.15) is 0 Å². The average molecular weight is 363 g/mol. The van der Waals surface area contributed by atoms with E-state index in [2.05, 4.69) is 5.32 Å². The van der Waals surface area contributed by atoms with E-state index in [0.29, 0.717) is 17.6 Å². The molecule has 136 valence electrons. The van der Waals surface area contributed by atoms with Crippen molar-refractivity contribution >= 4 is 17.6 Å². The first kappa shape index (κ1) is 17.7. The highest BCUT2D eigenvalue weighted by Gasteiger charge is 2.31. The van der Waals surface area contributed by atoms with E-state index in [0.717, 1.165) is 12.1 Å². The molecule has 0 spiro atoms. The first-order chi connectivity index (χ1) is 12.4. The van der Waals surface area contributed by atoms with Gasteiger partial charge in [0.2, 0.25) is 6.10 Å². The molecule has 1 aliphatic rings. The zero-order valence-electron chi connectivity index (χ0n) is 13.7. The normalized spacial score (nSPS) is 16.5. The summed E-state index contributed by atoms with van der Waals surface area (Å²) in [6.07, 6.45) is -2.24. The SMILES string of the molecule is C[C@@H](OC(=O)[C@H]1COc2ccccc2O1)C(=O)Nc1ccc(F)cc1F. The zero-order chi connectivity index (χ0) is 18.7. The Balaban J connectivity index is 1.58. The lowest BCUT2D eigenvalue weighted by Crippen LogP contribution is -2.41. The van der Waals surface area contributed by atoms with E-state index in [1.165, 1.54) is 6.92 Å². The second-order valence-corrected chi connectivity index (χ2v) is 5.56. The number of rotatable bonds is 4. The highest BCUT2D eigenvalue weighted by atomic mass is 19.1. The molecule has 2 atom stereocenters. The third-order valence-electron chi connectivity index (χ3n) is 3.62. The van der Waals surface area contributed by atoms with Gasteiger partial charge in [0, 0.05) is 6.07 Å². The van der Waals surface area contributed by atoms with Crippen LogP contribution in [0.1, 0.15) is 6.92 Å². The van der Waals surface area contributed by atoms with Gasteiger partial charge in [0.1, 0.15) is 18.2 Å². The van der Waals surface area contributed by atoms with Crippen LogP contribution in [0.5, 0.6) is 11.5 Å². The number of benzene rings is 2. The monoisotopic (exact) mass is 363 g/mol. The molecule has 0 aromatic heterocycles. The summed E-state index contributed by atoms with van der Waals surface area (Å²) in [5, 5.41) is 2.23. The van der Waals surface area contributed by atoms with Crippen LogP contribution in [0, 0.1) is 11.6 Å². The van der Waals surface area contributed by atoms with Crippen molar-refractivity contribution in [3.8, 4) is 11.5 Å². The van der Waals surface area contributed by atoms with Crippen molar-refractivity contribution in [2.24, 2.45) is 0 Å². The standard InChI is InChI=1S/C18H15F2NO5/c1-10(17(22)21-13-7-6-11(19)8-12(13)20)25-18(23)16-9-24-14-4-2-3-5-15(14)26-16/h2-8,10,16H,9H2,1H3,(H,21,22)/t10-,16-/m1/s1. The maximum Gasteiger partial charge on any atom is 0.351 e. The minimum atomic E-state index is -1.22. The molecule has 26 heavy (non-hydrogen) atoms. The van der Waals surface area contributed by atoms with E-state index in [1.54, 1.807) is 24.3 Å². The number of amides is 1. The third kappa shape index (κ3) is 3.90. The predicted molar refractivity (Wildman–Crippen MR) is 86.9 cm³/mol. The van der Waals surface area contributed by atoms with Gasteiger partial charge < -0.3 is 19.5 Å². The number of carbonyl (C=O) groups is 2. The number of nitrogens with one attached hydrogen (secondary N) is 1. The Kier molecular flexibility index (Phi) is 5.01. The second-order valence-electron chi connectivity index (χ2n) is 5.56. The molecule has 1 amide bonds. The Morgan fingerprint density at radius 1 is 1.19 bits per heavy atom. The van der Waals surface area contributed by atoms with Crippen LogP contribution in [-0.2, 0) is 14.3 Å². The van der Waals surface area contributed by atoms with Crippen LogP contribution in [0.3, 0.4) is 0 Å². The minimum Gasteiger partial charge on any atom is -0.485 e. The van der Waals surface area contributed by atoms with Crippen LogP contribution >= 0.6 is 0 Å². The lowest BCUT2D eigenvalue weighted by atomic mass is 10.2. The zero-order valence-corrected chi connectivity index (χ0v) is 13.7. The van der Waals surface area contributed by atoms with Gasteiger partial charge in [-0.1, -0.05) is 12.1 Å². The summed E-state index contributed by atoms with van der Waals surface area (Å²) in [5.41, 5.74) is -0.217. The van der Waals surface area contributed by atoms with Crippen LogP contribution in [0.2, 0.25) is 0 Å². The van der Waals surface area contributed by atoms with Crippen LogP contribution in [-0.4, -0.2) is 30.7 Å². The Hall–Kier alpha value is -3.16. The number of esters is 1. The fraction of sp³-hybridized carbons (Fsp3) is 0.222. The van der Waals surface area contributed by atoms with Gasteiger partial charge in [0.15, 0.2) is 17.6 Å². The van der Waals surface area contributed by atoms with Crippen molar-refractivity contribution in [1.29, 1.82) is 0 Å². The van der Waals surface area contributed by atoms with Gasteiger partial charge in [-0.3, -0.25) is 4.79 Å². The maximum absolute atomic E-state index is 13.6. The van der Waals surface area contributed by atoms with Crippen LogP contribution in [0.4, 0.5) is 14.5 Å². The number of halogens is 2. The van der Waals surface area contributed by atoms with Crippen LogP contribution in [0.15, 0.2) is 42.5 Å². The summed E-state index contributed by atoms with van der Waals surface area (Å²) in [4.78, 5) is 24.2. The van der Waals surface area contributed by atoms with Crippen molar-refractivity contribution < 1.29 is 32.6 Å². The number of anilines is 1. The molecule has 3 rings (SSSR count). The van der Waals surface area contributed by atoms with Crippen molar-refractivity contribution in [1.82, 2.24) is 0 Å². The van der Waals surface area contributed by atoms with E-state index in [1.807, 2.05) is 0 Å². The maximum atomic E-state index is 13.6. The van der Waals surface area contributed by atoms with E-state index in [4.69, 9.17) is 14.2 Å². The Labute approximate surface area is 147 Å². The van der Waals surface area contributed by atoms with E-state index in [-0.39, 0.29) is 12.3 Å². The van der Waals surface area contributed by atoms with Crippen molar-refractivity contribution in [2.75, 3.05) is 11.9 Å². The lowest BCUT2D eigenvalue weighted by molar-refractivity contribution is -0.162. The lowest BCUT2D eigenvalue weighted by Gasteiger charge is -2.25. The number of ether oxygens (including phenoxy) is 3. The summed E-state index contributed by atoms with van der Waals surface area (Å²) < 4.78 is 42.4. The molecule has 1 N–H and O–H groups in total. The smallest absolute Gasteiger partial charge is 0.351 e. The highest BCUT2D eigenvalue weighted by Crippen LogP contribution is 2.31. The molecule has 0 radical (unpaired) electrons. The topological polar surface area (TPSA) is 73.9 Å². The molecule has 8 heteroatoms. The van der Waals surface area contributed by atoms with Crippen LogP contribution < -0.4 is 14.8 Å². The molecule has 0 aliphatic carbocycles. The highest BCUT2D eigenvalue weighted by molar-refractivity contribution is 5.95. The minimum absolute atomic E-state index is 0.0588. The molecule has 0 fully saturated rings. The van der Waals surface area contributed by atoms with Crippen LogP contribution in [0.25, 0.3) is 0 Å². The first-order valence-electron chi connectivity index (χ1n) is 7.79. The third-order valence-corrected chi connectivity index (χ3v) is 3.62. The van der Waals surface area contributed by atoms with E-state index < -0.39 is 35.7 Å².